The van der Waals surface area contributed by atoms with E-state index in [0.717, 1.165) is 50.0 Å². The topological polar surface area (TPSA) is 77.8 Å². The van der Waals surface area contributed by atoms with Gasteiger partial charge < -0.3 is 19.2 Å². The molecule has 250 valence electrons. The van der Waals surface area contributed by atoms with Crippen LogP contribution < -0.4 is 9.47 Å². The number of ether oxygens (including phenoxy) is 3. The van der Waals surface area contributed by atoms with Gasteiger partial charge in [-0.1, -0.05) is 128 Å². The second-order valence-corrected chi connectivity index (χ2v) is 12.1. The first-order valence-electron chi connectivity index (χ1n) is 16.8. The molecule has 0 radical (unpaired) electrons. The van der Waals surface area contributed by atoms with E-state index in [1.165, 1.54) is 0 Å². The lowest BCUT2D eigenvalue weighted by Gasteiger charge is -2.21. The third-order valence-corrected chi connectivity index (χ3v) is 8.63. The molecule has 0 bridgehead atoms. The van der Waals surface area contributed by atoms with Gasteiger partial charge in [0.05, 0.1) is 12.3 Å². The lowest BCUT2D eigenvalue weighted by molar-refractivity contribution is 0.0460. The Hall–Kier alpha value is -6.65. The summed E-state index contributed by atoms with van der Waals surface area (Å²) in [4.78, 5) is 26.2. The molecule has 51 heavy (non-hydrogen) atoms. The number of aromatic nitrogens is 2. The van der Waals surface area contributed by atoms with Crippen molar-refractivity contribution in [3.63, 3.8) is 0 Å². The number of fused-ring (bicyclic) bond motifs is 1. The lowest BCUT2D eigenvalue weighted by atomic mass is 9.99. The van der Waals surface area contributed by atoms with Gasteiger partial charge in [0.1, 0.15) is 25.6 Å². The van der Waals surface area contributed by atoms with E-state index in [4.69, 9.17) is 25.8 Å². The first-order chi connectivity index (χ1) is 25.1. The van der Waals surface area contributed by atoms with Gasteiger partial charge in [-0.25, -0.2) is 14.6 Å². The molecule has 1 N–H and O–H groups in total. The van der Waals surface area contributed by atoms with Crippen LogP contribution in [0.5, 0.6) is 11.6 Å². The number of carbonyl (C=O) groups is 1. The zero-order valence-electron chi connectivity index (χ0n) is 28.1. The maximum atomic E-state index is 14.1. The quantitative estimate of drug-likeness (QED) is 0.103. The van der Waals surface area contributed by atoms with Gasteiger partial charge in [-0.3, -0.25) is 0 Å². The standard InChI is InChI=1S/C44H35N3O4/c1-3-37-41(34-21-24-38-35(25-34)26-39(46-38)33-19-22-36(45-2)23-20-33)47-43(50-28-31-15-9-5-10-16-31)40(42(37)49-27-30-13-7-4-8-14-30)44(48)51-29-32-17-11-6-12-18-32/h4-26,46H,3,27-29H2,1H3. The van der Waals surface area contributed by atoms with Crippen LogP contribution in [0.4, 0.5) is 5.69 Å². The van der Waals surface area contributed by atoms with Gasteiger partial charge in [0.2, 0.25) is 5.88 Å². The Morgan fingerprint density at radius 2 is 1.29 bits per heavy atom. The molecular formula is C44H35N3O4. The average Bonchev–Trinajstić information content (AvgIpc) is 3.63. The fourth-order valence-electron chi connectivity index (χ4n) is 5.99. The molecule has 5 aromatic carbocycles. The number of esters is 1. The summed E-state index contributed by atoms with van der Waals surface area (Å²) in [6.07, 6.45) is 0.536. The van der Waals surface area contributed by atoms with Crippen LogP contribution in [0.15, 0.2) is 140 Å². The highest BCUT2D eigenvalue weighted by Crippen LogP contribution is 2.40. The van der Waals surface area contributed by atoms with E-state index in [1.54, 1.807) is 0 Å². The van der Waals surface area contributed by atoms with Crippen molar-refractivity contribution in [2.75, 3.05) is 0 Å². The van der Waals surface area contributed by atoms with Gasteiger partial charge in [-0.2, -0.15) is 0 Å². The Kier molecular flexibility index (Phi) is 9.84. The highest BCUT2D eigenvalue weighted by atomic mass is 16.5. The third kappa shape index (κ3) is 7.51. The number of rotatable bonds is 12. The summed E-state index contributed by atoms with van der Waals surface area (Å²) in [5, 5.41) is 0.991. The number of nitrogens with zero attached hydrogens (tertiary/aromatic N) is 2. The van der Waals surface area contributed by atoms with E-state index >= 15 is 0 Å². The van der Waals surface area contributed by atoms with Crippen LogP contribution >= 0.6 is 0 Å². The van der Waals surface area contributed by atoms with Crippen LogP contribution in [0.3, 0.4) is 0 Å². The van der Waals surface area contributed by atoms with E-state index in [0.29, 0.717) is 23.6 Å². The molecule has 7 nitrogen and oxygen atoms in total. The van der Waals surface area contributed by atoms with Crippen molar-refractivity contribution in [1.82, 2.24) is 9.97 Å². The second-order valence-electron chi connectivity index (χ2n) is 12.1. The summed E-state index contributed by atoms with van der Waals surface area (Å²) >= 11 is 0. The molecule has 0 saturated carbocycles. The van der Waals surface area contributed by atoms with Crippen LogP contribution in [-0.4, -0.2) is 15.9 Å². The van der Waals surface area contributed by atoms with Crippen LogP contribution in [0.25, 0.3) is 38.3 Å². The fraction of sp³-hybridized carbons (Fsp3) is 0.114. The predicted octanol–water partition coefficient (Wildman–Crippen LogP) is 10.5. The number of hydrogen-bond donors (Lipinski definition) is 1. The summed E-state index contributed by atoms with van der Waals surface area (Å²) in [7, 11) is 0. The number of benzene rings is 5. The zero-order valence-corrected chi connectivity index (χ0v) is 28.1. The van der Waals surface area contributed by atoms with Gasteiger partial charge in [0.15, 0.2) is 11.3 Å². The van der Waals surface area contributed by atoms with Crippen molar-refractivity contribution in [1.29, 1.82) is 0 Å². The second kappa shape index (κ2) is 15.3. The van der Waals surface area contributed by atoms with Crippen LogP contribution in [-0.2, 0) is 31.0 Å². The van der Waals surface area contributed by atoms with Crippen LogP contribution in [0, 0.1) is 6.57 Å². The zero-order chi connectivity index (χ0) is 35.0. The van der Waals surface area contributed by atoms with Gasteiger partial charge in [-0.15, -0.1) is 0 Å². The van der Waals surface area contributed by atoms with E-state index in [9.17, 15) is 4.79 Å². The molecular weight excluding hydrogens is 635 g/mol. The molecule has 0 aliphatic rings. The SMILES string of the molecule is [C-]#[N+]c1ccc(-c2cc3cc(-c4nc(OCc5ccccc5)c(C(=O)OCc5ccccc5)c(OCc5ccccc5)c4CC)ccc3[nH]2)cc1. The van der Waals surface area contributed by atoms with E-state index in [2.05, 4.69) is 22.0 Å². The summed E-state index contributed by atoms with van der Waals surface area (Å²) in [5.74, 6) is -0.0437. The number of hydrogen-bond acceptors (Lipinski definition) is 5. The van der Waals surface area contributed by atoms with Gasteiger partial charge in [-0.05, 0) is 46.9 Å². The number of aromatic amines is 1. The Labute approximate surface area is 296 Å². The first-order valence-corrected chi connectivity index (χ1v) is 16.8. The number of pyridine rings is 1. The molecule has 0 spiro atoms. The molecule has 2 heterocycles. The maximum absolute atomic E-state index is 14.1. The lowest BCUT2D eigenvalue weighted by Crippen LogP contribution is -2.15. The molecule has 0 atom stereocenters. The Balaban J connectivity index is 1.34. The molecule has 0 fully saturated rings. The van der Waals surface area contributed by atoms with Gasteiger partial charge in [0.25, 0.3) is 0 Å². The van der Waals surface area contributed by atoms with Crippen LogP contribution in [0.2, 0.25) is 0 Å². The third-order valence-electron chi connectivity index (χ3n) is 8.63. The van der Waals surface area contributed by atoms with Crippen molar-refractivity contribution in [2.24, 2.45) is 0 Å². The highest BCUT2D eigenvalue weighted by molar-refractivity contribution is 5.97. The Bertz CT molecular complexity index is 2310. The minimum absolute atomic E-state index is 0.0895. The molecule has 7 rings (SSSR count). The molecule has 0 amide bonds. The summed E-state index contributed by atoms with van der Waals surface area (Å²) < 4.78 is 18.9. The molecule has 0 aliphatic carbocycles. The van der Waals surface area contributed by atoms with E-state index < -0.39 is 5.97 Å². The molecule has 0 unspecified atom stereocenters. The average molecular weight is 670 g/mol. The normalized spacial score (nSPS) is 10.8. The molecule has 2 aromatic heterocycles. The number of H-pyrrole nitrogens is 1. The molecule has 7 aromatic rings. The highest BCUT2D eigenvalue weighted by Gasteiger charge is 2.29. The summed E-state index contributed by atoms with van der Waals surface area (Å²) in [6.45, 7) is 9.83. The monoisotopic (exact) mass is 669 g/mol. The summed E-state index contributed by atoms with van der Waals surface area (Å²) in [6, 6.07) is 44.9. The predicted molar refractivity (Wildman–Crippen MR) is 200 cm³/mol. The summed E-state index contributed by atoms with van der Waals surface area (Å²) in [5.41, 5.74) is 8.69. The van der Waals surface area contributed by atoms with Gasteiger partial charge in [0, 0.05) is 27.7 Å². The smallest absolute Gasteiger partial charge is 0.347 e. The van der Waals surface area contributed by atoms with Crippen molar-refractivity contribution >= 4 is 22.6 Å². The van der Waals surface area contributed by atoms with E-state index in [-0.39, 0.29) is 31.3 Å². The largest absolute Gasteiger partial charge is 0.487 e. The van der Waals surface area contributed by atoms with Crippen LogP contribution in [0.1, 0.15) is 39.5 Å². The molecule has 0 saturated heterocycles. The molecule has 0 aliphatic heterocycles. The van der Waals surface area contributed by atoms with Crippen molar-refractivity contribution in [3.05, 3.63) is 179 Å². The van der Waals surface area contributed by atoms with Crippen molar-refractivity contribution < 1.29 is 19.0 Å². The van der Waals surface area contributed by atoms with E-state index in [1.807, 2.05) is 134 Å². The van der Waals surface area contributed by atoms with Crippen molar-refractivity contribution in [2.45, 2.75) is 33.2 Å². The van der Waals surface area contributed by atoms with Gasteiger partial charge >= 0.3 is 5.97 Å². The Morgan fingerprint density at radius 3 is 1.90 bits per heavy atom. The number of carbonyl (C=O) groups excluding carboxylic acids is 1. The minimum atomic E-state index is -0.575. The minimum Gasteiger partial charge on any atom is -0.487 e. The Morgan fingerprint density at radius 1 is 0.706 bits per heavy atom. The first kappa shape index (κ1) is 32.9. The fourth-order valence-corrected chi connectivity index (χ4v) is 5.99. The van der Waals surface area contributed by atoms with Crippen molar-refractivity contribution in [3.8, 4) is 34.1 Å². The number of nitrogens with one attached hydrogen (secondary N) is 1. The maximum Gasteiger partial charge on any atom is 0.347 e. The molecule has 7 heteroatoms.